The Bertz CT molecular complexity index is 3620. The zero-order valence-corrected chi connectivity index (χ0v) is 32.8. The zero-order chi connectivity index (χ0) is 40.3. The summed E-state index contributed by atoms with van der Waals surface area (Å²) in [6.07, 6.45) is 0. The van der Waals surface area contributed by atoms with Crippen molar-refractivity contribution in [1.82, 2.24) is 19.9 Å². The monoisotopic (exact) mass is 778 g/mol. The zero-order valence-electron chi connectivity index (χ0n) is 32.8. The highest BCUT2D eigenvalue weighted by Crippen LogP contribution is 2.42. The fraction of sp³-hybridized carbons (Fsp3) is 0. The van der Waals surface area contributed by atoms with Crippen molar-refractivity contribution in [2.45, 2.75) is 0 Å². The van der Waals surface area contributed by atoms with Gasteiger partial charge in [-0.3, -0.25) is 0 Å². The van der Waals surface area contributed by atoms with Crippen LogP contribution >= 0.6 is 0 Å². The lowest BCUT2D eigenvalue weighted by Gasteiger charge is -2.13. The van der Waals surface area contributed by atoms with Gasteiger partial charge < -0.3 is 4.42 Å². The molecular formula is C56H34N4O. The molecule has 12 aromatic rings. The van der Waals surface area contributed by atoms with E-state index in [-0.39, 0.29) is 0 Å². The summed E-state index contributed by atoms with van der Waals surface area (Å²) in [4.78, 5) is 20.4. The summed E-state index contributed by atoms with van der Waals surface area (Å²) >= 11 is 0. The van der Waals surface area contributed by atoms with Crippen LogP contribution in [0.1, 0.15) is 0 Å². The van der Waals surface area contributed by atoms with Crippen LogP contribution in [0, 0.1) is 0 Å². The van der Waals surface area contributed by atoms with Crippen molar-refractivity contribution < 1.29 is 4.42 Å². The maximum Gasteiger partial charge on any atom is 0.164 e. The first-order valence-electron chi connectivity index (χ1n) is 20.5. The molecule has 0 aliphatic carbocycles. The summed E-state index contributed by atoms with van der Waals surface area (Å²) in [5.41, 5.74) is 11.7. The number of pyridine rings is 1. The summed E-state index contributed by atoms with van der Waals surface area (Å²) in [6.45, 7) is 0. The second kappa shape index (κ2) is 14.2. The van der Waals surface area contributed by atoms with Gasteiger partial charge in [-0.2, -0.15) is 0 Å². The minimum atomic E-state index is 0.599. The summed E-state index contributed by atoms with van der Waals surface area (Å²) in [5.74, 6) is 1.84. The van der Waals surface area contributed by atoms with E-state index < -0.39 is 0 Å². The number of hydrogen-bond acceptors (Lipinski definition) is 5. The Morgan fingerprint density at radius 2 is 0.803 bits per heavy atom. The first-order valence-corrected chi connectivity index (χ1v) is 20.5. The van der Waals surface area contributed by atoms with Gasteiger partial charge in [0.1, 0.15) is 11.2 Å². The molecule has 0 amide bonds. The highest BCUT2D eigenvalue weighted by Gasteiger charge is 2.20. The van der Waals surface area contributed by atoms with Gasteiger partial charge in [-0.25, -0.2) is 19.9 Å². The van der Waals surface area contributed by atoms with E-state index in [0.29, 0.717) is 17.5 Å². The van der Waals surface area contributed by atoms with Gasteiger partial charge >= 0.3 is 0 Å². The molecule has 0 spiro atoms. The molecule has 3 aromatic heterocycles. The topological polar surface area (TPSA) is 64.7 Å². The highest BCUT2D eigenvalue weighted by molar-refractivity contribution is 6.20. The van der Waals surface area contributed by atoms with E-state index in [2.05, 4.69) is 158 Å². The molecule has 0 atom stereocenters. The van der Waals surface area contributed by atoms with Crippen LogP contribution in [-0.4, -0.2) is 19.9 Å². The largest absolute Gasteiger partial charge is 0.455 e. The van der Waals surface area contributed by atoms with Crippen LogP contribution in [-0.2, 0) is 0 Å². The summed E-state index contributed by atoms with van der Waals surface area (Å²) < 4.78 is 6.75. The van der Waals surface area contributed by atoms with Crippen LogP contribution in [0.15, 0.2) is 211 Å². The molecule has 5 heteroatoms. The van der Waals surface area contributed by atoms with Crippen LogP contribution < -0.4 is 0 Å². The maximum absolute atomic E-state index is 6.75. The van der Waals surface area contributed by atoms with E-state index in [4.69, 9.17) is 24.4 Å². The Morgan fingerprint density at radius 1 is 0.311 bits per heavy atom. The predicted molar refractivity (Wildman–Crippen MR) is 250 cm³/mol. The molecule has 0 saturated carbocycles. The SMILES string of the molecule is c1ccc(-c2ccc(-c3nc(-c4ccccc4)nc(-c4ccc(-c5nc6ccc(-c7cc8ccccc8c8ccccc78)cc6c6oc7ccccc7c56)cc4)n3)cc2)cc1. The Balaban J connectivity index is 0.977. The molecule has 0 radical (unpaired) electrons. The Kier molecular flexibility index (Phi) is 8.10. The number of hydrogen-bond donors (Lipinski definition) is 0. The fourth-order valence-corrected chi connectivity index (χ4v) is 8.70. The lowest BCUT2D eigenvalue weighted by atomic mass is 9.92. The summed E-state index contributed by atoms with van der Waals surface area (Å²) in [5, 5.41) is 7.91. The number of nitrogens with zero attached hydrogens (tertiary/aromatic N) is 4. The third-order valence-corrected chi connectivity index (χ3v) is 11.7. The molecule has 61 heavy (non-hydrogen) atoms. The molecule has 0 fully saturated rings. The average Bonchev–Trinajstić information content (AvgIpc) is 3.74. The molecule has 284 valence electrons. The number of para-hydroxylation sites is 1. The molecule has 0 N–H and O–H groups in total. The minimum Gasteiger partial charge on any atom is -0.455 e. The minimum absolute atomic E-state index is 0.599. The molecule has 0 bridgehead atoms. The van der Waals surface area contributed by atoms with Gasteiger partial charge in [0.25, 0.3) is 0 Å². The molecule has 3 heterocycles. The molecular weight excluding hydrogens is 745 g/mol. The highest BCUT2D eigenvalue weighted by atomic mass is 16.3. The first-order chi connectivity index (χ1) is 30.2. The van der Waals surface area contributed by atoms with E-state index in [9.17, 15) is 0 Å². The van der Waals surface area contributed by atoms with E-state index in [0.717, 1.165) is 77.5 Å². The average molecular weight is 779 g/mol. The van der Waals surface area contributed by atoms with Gasteiger partial charge in [0.15, 0.2) is 17.5 Å². The first kappa shape index (κ1) is 34.7. The van der Waals surface area contributed by atoms with Crippen molar-refractivity contribution in [2.24, 2.45) is 0 Å². The van der Waals surface area contributed by atoms with Crippen molar-refractivity contribution in [1.29, 1.82) is 0 Å². The molecule has 0 aliphatic rings. The standard InChI is InChI=1S/C56H34N4O/c1-3-13-35(14-4-1)36-23-27-39(28-24-36)55-58-54(38-15-5-2-6-16-38)59-56(60-55)40-29-25-37(26-30-40)52-51-46-21-11-12-22-50(46)61-53(51)48-34-42(31-32-49(48)57-52)47-33-41-17-7-8-18-43(41)44-19-9-10-20-45(44)47/h1-34H. The number of rotatable bonds is 6. The molecule has 0 saturated heterocycles. The number of furan rings is 1. The lowest BCUT2D eigenvalue weighted by Crippen LogP contribution is -2.00. The molecule has 9 aromatic carbocycles. The normalized spacial score (nSPS) is 11.6. The van der Waals surface area contributed by atoms with Crippen molar-refractivity contribution in [3.8, 4) is 67.7 Å². The maximum atomic E-state index is 6.75. The van der Waals surface area contributed by atoms with Crippen molar-refractivity contribution in [2.75, 3.05) is 0 Å². The second-order valence-electron chi connectivity index (χ2n) is 15.4. The smallest absolute Gasteiger partial charge is 0.164 e. The van der Waals surface area contributed by atoms with E-state index in [1.807, 2.05) is 48.5 Å². The van der Waals surface area contributed by atoms with Crippen molar-refractivity contribution >= 4 is 54.4 Å². The fourth-order valence-electron chi connectivity index (χ4n) is 8.70. The van der Waals surface area contributed by atoms with Crippen molar-refractivity contribution in [3.63, 3.8) is 0 Å². The van der Waals surface area contributed by atoms with Gasteiger partial charge in [-0.15, -0.1) is 0 Å². The predicted octanol–water partition coefficient (Wildman–Crippen LogP) is 14.6. The van der Waals surface area contributed by atoms with E-state index in [1.54, 1.807) is 0 Å². The summed E-state index contributed by atoms with van der Waals surface area (Å²) in [6, 6.07) is 71.6. The lowest BCUT2D eigenvalue weighted by molar-refractivity contribution is 0.672. The quantitative estimate of drug-likeness (QED) is 0.157. The van der Waals surface area contributed by atoms with Crippen LogP contribution in [0.4, 0.5) is 0 Å². The van der Waals surface area contributed by atoms with E-state index in [1.165, 1.54) is 27.1 Å². The number of fused-ring (bicyclic) bond motifs is 8. The third-order valence-electron chi connectivity index (χ3n) is 11.7. The van der Waals surface area contributed by atoms with Gasteiger partial charge in [-0.05, 0) is 68.1 Å². The molecule has 0 aliphatic heterocycles. The molecule has 5 nitrogen and oxygen atoms in total. The van der Waals surface area contributed by atoms with Gasteiger partial charge in [0.05, 0.1) is 16.6 Å². The Labute approximate surface area is 351 Å². The van der Waals surface area contributed by atoms with Crippen LogP contribution in [0.25, 0.3) is 122 Å². The third kappa shape index (κ3) is 6.02. The number of aromatic nitrogens is 4. The van der Waals surface area contributed by atoms with Crippen LogP contribution in [0.5, 0.6) is 0 Å². The molecule has 0 unspecified atom stereocenters. The van der Waals surface area contributed by atoms with E-state index >= 15 is 0 Å². The second-order valence-corrected chi connectivity index (χ2v) is 15.4. The number of benzene rings is 9. The van der Waals surface area contributed by atoms with Crippen molar-refractivity contribution in [3.05, 3.63) is 206 Å². The Morgan fingerprint density at radius 3 is 1.49 bits per heavy atom. The van der Waals surface area contributed by atoms with Gasteiger partial charge in [-0.1, -0.05) is 182 Å². The summed E-state index contributed by atoms with van der Waals surface area (Å²) in [7, 11) is 0. The Hall–Kier alpha value is -8.28. The van der Waals surface area contributed by atoms with Gasteiger partial charge in [0.2, 0.25) is 0 Å². The van der Waals surface area contributed by atoms with Crippen LogP contribution in [0.3, 0.4) is 0 Å². The van der Waals surface area contributed by atoms with Crippen LogP contribution in [0.2, 0.25) is 0 Å². The van der Waals surface area contributed by atoms with Gasteiger partial charge in [0, 0.05) is 33.0 Å². The molecule has 12 rings (SSSR count).